The van der Waals surface area contributed by atoms with Crippen molar-refractivity contribution in [2.24, 2.45) is 5.41 Å². The largest absolute Gasteiger partial charge is 0.479 e. The van der Waals surface area contributed by atoms with Crippen molar-refractivity contribution in [3.05, 3.63) is 0 Å². The number of nitrogens with one attached hydrogen (secondary N) is 1. The molecule has 1 atom stereocenters. The second-order valence-electron chi connectivity index (χ2n) is 4.56. The summed E-state index contributed by atoms with van der Waals surface area (Å²) in [4.78, 5) is 22.1. The van der Waals surface area contributed by atoms with Gasteiger partial charge in [-0.15, -0.1) is 0 Å². The van der Waals surface area contributed by atoms with Crippen LogP contribution in [0, 0.1) is 5.41 Å². The van der Waals surface area contributed by atoms with Gasteiger partial charge in [-0.05, 0) is 19.3 Å². The zero-order chi connectivity index (χ0) is 10.4. The smallest absolute Gasteiger partial charge is 0.330 e. The molecule has 1 amide bonds. The highest BCUT2D eigenvalue weighted by Gasteiger charge is 2.73. The lowest BCUT2D eigenvalue weighted by atomic mass is 9.97. The van der Waals surface area contributed by atoms with Crippen molar-refractivity contribution in [3.63, 3.8) is 0 Å². The summed E-state index contributed by atoms with van der Waals surface area (Å²) in [6.45, 7) is 1.38. The number of amides is 1. The van der Waals surface area contributed by atoms with Crippen LogP contribution in [0.25, 0.3) is 0 Å². The number of carbonyl (C=O) groups is 2. The van der Waals surface area contributed by atoms with Crippen molar-refractivity contribution in [1.82, 2.24) is 5.32 Å². The van der Waals surface area contributed by atoms with Crippen LogP contribution in [0.1, 0.15) is 39.0 Å². The quantitative estimate of drug-likeness (QED) is 0.691. The van der Waals surface area contributed by atoms with E-state index in [4.69, 9.17) is 5.11 Å². The summed E-state index contributed by atoms with van der Waals surface area (Å²) in [5.41, 5.74) is -1.06. The van der Waals surface area contributed by atoms with E-state index in [9.17, 15) is 9.59 Å². The monoisotopic (exact) mass is 197 g/mol. The van der Waals surface area contributed by atoms with Crippen molar-refractivity contribution in [2.75, 3.05) is 0 Å². The minimum Gasteiger partial charge on any atom is -0.479 e. The second kappa shape index (κ2) is 2.72. The fourth-order valence-corrected chi connectivity index (χ4v) is 2.95. The highest BCUT2D eigenvalue weighted by molar-refractivity contribution is 5.90. The Morgan fingerprint density at radius 3 is 2.29 bits per heavy atom. The second-order valence-corrected chi connectivity index (χ2v) is 4.56. The van der Waals surface area contributed by atoms with Gasteiger partial charge >= 0.3 is 5.97 Å². The minimum absolute atomic E-state index is 0.121. The maximum atomic E-state index is 11.2. The highest BCUT2D eigenvalue weighted by atomic mass is 16.4. The van der Waals surface area contributed by atoms with E-state index in [0.29, 0.717) is 6.42 Å². The van der Waals surface area contributed by atoms with Crippen LogP contribution in [-0.4, -0.2) is 22.5 Å². The van der Waals surface area contributed by atoms with Gasteiger partial charge in [0.1, 0.15) is 5.54 Å². The van der Waals surface area contributed by atoms with E-state index in [2.05, 4.69) is 5.32 Å². The third-order valence-electron chi connectivity index (χ3n) is 3.70. The Morgan fingerprint density at radius 2 is 1.86 bits per heavy atom. The molecule has 2 rings (SSSR count). The number of hydrogen-bond acceptors (Lipinski definition) is 2. The summed E-state index contributed by atoms with van der Waals surface area (Å²) in [6.07, 6.45) is 4.69. The van der Waals surface area contributed by atoms with Crippen LogP contribution < -0.4 is 5.32 Å². The van der Waals surface area contributed by atoms with Gasteiger partial charge in [-0.3, -0.25) is 4.79 Å². The molecular weight excluding hydrogens is 182 g/mol. The van der Waals surface area contributed by atoms with Crippen molar-refractivity contribution in [2.45, 2.75) is 44.6 Å². The van der Waals surface area contributed by atoms with Gasteiger partial charge < -0.3 is 10.4 Å². The van der Waals surface area contributed by atoms with Crippen molar-refractivity contribution >= 4 is 11.9 Å². The number of carboxylic acids is 1. The number of aliphatic carboxylic acids is 1. The van der Waals surface area contributed by atoms with Crippen LogP contribution >= 0.6 is 0 Å². The molecule has 0 aromatic heterocycles. The zero-order valence-electron chi connectivity index (χ0n) is 8.30. The fraction of sp³-hybridized carbons (Fsp3) is 0.800. The minimum atomic E-state index is -0.935. The topological polar surface area (TPSA) is 66.4 Å². The molecule has 2 saturated carbocycles. The summed E-state index contributed by atoms with van der Waals surface area (Å²) in [5.74, 6) is -1.11. The predicted octanol–water partition coefficient (Wildman–Crippen LogP) is 0.910. The average molecular weight is 197 g/mol. The SMILES string of the molecule is CC(=O)N[C@]1(C(=O)O)CC12CCCC2. The van der Waals surface area contributed by atoms with Crippen molar-refractivity contribution in [1.29, 1.82) is 0 Å². The van der Waals surface area contributed by atoms with Gasteiger partial charge in [-0.25, -0.2) is 4.79 Å². The first-order valence-corrected chi connectivity index (χ1v) is 5.05. The molecule has 4 nitrogen and oxygen atoms in total. The van der Waals surface area contributed by atoms with E-state index in [-0.39, 0.29) is 11.3 Å². The van der Waals surface area contributed by atoms with Gasteiger partial charge in [-0.1, -0.05) is 12.8 Å². The molecule has 78 valence electrons. The van der Waals surface area contributed by atoms with E-state index in [1.54, 1.807) is 0 Å². The Labute approximate surface area is 82.7 Å². The maximum Gasteiger partial charge on any atom is 0.330 e. The van der Waals surface area contributed by atoms with Gasteiger partial charge in [0.05, 0.1) is 0 Å². The maximum absolute atomic E-state index is 11.2. The van der Waals surface area contributed by atoms with Gasteiger partial charge in [0.15, 0.2) is 0 Å². The van der Waals surface area contributed by atoms with Gasteiger partial charge in [0.25, 0.3) is 0 Å². The zero-order valence-corrected chi connectivity index (χ0v) is 8.30. The Morgan fingerprint density at radius 1 is 1.29 bits per heavy atom. The lowest BCUT2D eigenvalue weighted by molar-refractivity contribution is -0.144. The lowest BCUT2D eigenvalue weighted by Crippen LogP contribution is -2.46. The first-order chi connectivity index (χ1) is 6.52. The Bertz CT molecular complexity index is 294. The van der Waals surface area contributed by atoms with Crippen LogP contribution in [-0.2, 0) is 9.59 Å². The summed E-state index contributed by atoms with van der Waals surface area (Å²) in [7, 11) is 0. The normalized spacial score (nSPS) is 32.9. The summed E-state index contributed by atoms with van der Waals surface area (Å²) < 4.78 is 0. The molecular formula is C10H15NO3. The number of carbonyl (C=O) groups excluding carboxylic acids is 1. The average Bonchev–Trinajstić information content (AvgIpc) is 2.49. The predicted molar refractivity (Wildman–Crippen MR) is 49.7 cm³/mol. The molecule has 0 aromatic rings. The number of hydrogen-bond donors (Lipinski definition) is 2. The lowest BCUT2D eigenvalue weighted by Gasteiger charge is -2.18. The molecule has 0 heterocycles. The number of carboxylic acid groups (broad SMARTS) is 1. The molecule has 2 aliphatic rings. The number of rotatable bonds is 2. The van der Waals surface area contributed by atoms with Gasteiger partial charge in [0.2, 0.25) is 5.91 Å². The van der Waals surface area contributed by atoms with E-state index < -0.39 is 11.5 Å². The molecule has 0 unspecified atom stereocenters. The van der Waals surface area contributed by atoms with Crippen LogP contribution in [0.15, 0.2) is 0 Å². The summed E-state index contributed by atoms with van der Waals surface area (Å²) in [6, 6.07) is 0. The molecule has 2 aliphatic carbocycles. The van der Waals surface area contributed by atoms with E-state index in [0.717, 1.165) is 25.7 Å². The standard InChI is InChI=1S/C10H15NO3/c1-7(12)11-10(8(13)14)6-9(10)4-2-3-5-9/h2-6H2,1H3,(H,11,12)(H,13,14)/t10-/m0/s1. The Kier molecular flexibility index (Phi) is 1.84. The first kappa shape index (κ1) is 9.49. The van der Waals surface area contributed by atoms with Crippen molar-refractivity contribution < 1.29 is 14.7 Å². The molecule has 0 aliphatic heterocycles. The van der Waals surface area contributed by atoms with Gasteiger partial charge in [-0.2, -0.15) is 0 Å². The van der Waals surface area contributed by atoms with E-state index >= 15 is 0 Å². The molecule has 0 bridgehead atoms. The molecule has 0 saturated heterocycles. The molecule has 2 N–H and O–H groups in total. The summed E-state index contributed by atoms with van der Waals surface area (Å²) >= 11 is 0. The third-order valence-corrected chi connectivity index (χ3v) is 3.70. The van der Waals surface area contributed by atoms with Gasteiger partial charge in [0, 0.05) is 12.3 Å². The van der Waals surface area contributed by atoms with E-state index in [1.807, 2.05) is 0 Å². The molecule has 0 aromatic carbocycles. The third kappa shape index (κ3) is 1.06. The van der Waals surface area contributed by atoms with E-state index in [1.165, 1.54) is 6.92 Å². The van der Waals surface area contributed by atoms with Crippen LogP contribution in [0.2, 0.25) is 0 Å². The fourth-order valence-electron chi connectivity index (χ4n) is 2.95. The van der Waals surface area contributed by atoms with Crippen LogP contribution in [0.5, 0.6) is 0 Å². The Hall–Kier alpha value is -1.06. The van der Waals surface area contributed by atoms with Crippen molar-refractivity contribution in [3.8, 4) is 0 Å². The highest BCUT2D eigenvalue weighted by Crippen LogP contribution is 2.65. The van der Waals surface area contributed by atoms with Crippen LogP contribution in [0.4, 0.5) is 0 Å². The molecule has 1 spiro atoms. The molecule has 0 radical (unpaired) electrons. The Balaban J connectivity index is 2.19. The first-order valence-electron chi connectivity index (χ1n) is 5.05. The summed E-state index contributed by atoms with van der Waals surface area (Å²) in [5, 5.41) is 11.8. The molecule has 2 fully saturated rings. The molecule has 4 heteroatoms. The molecule has 14 heavy (non-hydrogen) atoms. The van der Waals surface area contributed by atoms with Crippen LogP contribution in [0.3, 0.4) is 0 Å².